The van der Waals surface area contributed by atoms with Gasteiger partial charge in [0.25, 0.3) is 0 Å². The highest BCUT2D eigenvalue weighted by Crippen LogP contribution is 2.09. The molecule has 0 radical (unpaired) electrons. The first-order valence-corrected chi connectivity index (χ1v) is 4.20. The van der Waals surface area contributed by atoms with Crippen molar-refractivity contribution >= 4 is 5.78 Å². The zero-order chi connectivity index (χ0) is 8.85. The number of rotatable bonds is 5. The number of carbonyl (C=O) groups is 1. The van der Waals surface area contributed by atoms with Crippen molar-refractivity contribution < 1.29 is 9.53 Å². The Morgan fingerprint density at radius 2 is 2.00 bits per heavy atom. The molecule has 2 heteroatoms. The van der Waals surface area contributed by atoms with Gasteiger partial charge in [-0.3, -0.25) is 4.79 Å². The Morgan fingerprint density at radius 1 is 1.45 bits per heavy atom. The third-order valence-electron chi connectivity index (χ3n) is 1.96. The van der Waals surface area contributed by atoms with Gasteiger partial charge >= 0.3 is 0 Å². The smallest absolute Gasteiger partial charge is 0.164 e. The van der Waals surface area contributed by atoms with Gasteiger partial charge in [0.15, 0.2) is 5.78 Å². The van der Waals surface area contributed by atoms with Gasteiger partial charge in [-0.05, 0) is 13.3 Å². The third kappa shape index (κ3) is 3.51. The SMILES string of the molecule is CCCC(C)C(=O)C(C)OC. The molecule has 0 aliphatic heterocycles. The molecule has 0 aliphatic carbocycles. The quantitative estimate of drug-likeness (QED) is 0.612. The minimum absolute atomic E-state index is 0.148. The molecule has 0 aromatic rings. The summed E-state index contributed by atoms with van der Waals surface area (Å²) >= 11 is 0. The van der Waals surface area contributed by atoms with E-state index >= 15 is 0 Å². The van der Waals surface area contributed by atoms with Crippen molar-refractivity contribution in [1.82, 2.24) is 0 Å². The van der Waals surface area contributed by atoms with Gasteiger partial charge in [-0.25, -0.2) is 0 Å². The van der Waals surface area contributed by atoms with Crippen molar-refractivity contribution in [3.63, 3.8) is 0 Å². The van der Waals surface area contributed by atoms with Gasteiger partial charge in [0.1, 0.15) is 6.10 Å². The van der Waals surface area contributed by atoms with E-state index in [0.717, 1.165) is 12.8 Å². The molecule has 0 aromatic carbocycles. The minimum atomic E-state index is -0.239. The first-order valence-electron chi connectivity index (χ1n) is 4.20. The molecule has 0 fully saturated rings. The lowest BCUT2D eigenvalue weighted by Gasteiger charge is -2.13. The molecular weight excluding hydrogens is 140 g/mol. The van der Waals surface area contributed by atoms with E-state index in [0.29, 0.717) is 0 Å². The van der Waals surface area contributed by atoms with Gasteiger partial charge in [-0.15, -0.1) is 0 Å². The maximum Gasteiger partial charge on any atom is 0.164 e. The second-order valence-corrected chi connectivity index (χ2v) is 2.97. The molecule has 0 saturated carbocycles. The molecule has 2 nitrogen and oxygen atoms in total. The summed E-state index contributed by atoms with van der Waals surface area (Å²) in [5, 5.41) is 0. The summed E-state index contributed by atoms with van der Waals surface area (Å²) in [5.41, 5.74) is 0. The van der Waals surface area contributed by atoms with Gasteiger partial charge in [0.05, 0.1) is 0 Å². The second-order valence-electron chi connectivity index (χ2n) is 2.97. The highest BCUT2D eigenvalue weighted by Gasteiger charge is 2.17. The average molecular weight is 158 g/mol. The molecule has 0 bridgehead atoms. The molecule has 0 N–H and O–H groups in total. The highest BCUT2D eigenvalue weighted by molar-refractivity contribution is 5.84. The van der Waals surface area contributed by atoms with Crippen LogP contribution < -0.4 is 0 Å². The number of ketones is 1. The van der Waals surface area contributed by atoms with E-state index in [9.17, 15) is 4.79 Å². The van der Waals surface area contributed by atoms with Gasteiger partial charge < -0.3 is 4.74 Å². The fourth-order valence-electron chi connectivity index (χ4n) is 1.09. The topological polar surface area (TPSA) is 26.3 Å². The third-order valence-corrected chi connectivity index (χ3v) is 1.96. The zero-order valence-corrected chi connectivity index (χ0v) is 7.89. The second kappa shape index (κ2) is 5.30. The largest absolute Gasteiger partial charge is 0.374 e. The predicted molar refractivity (Wildman–Crippen MR) is 45.6 cm³/mol. The Labute approximate surface area is 68.9 Å². The van der Waals surface area contributed by atoms with Crippen molar-refractivity contribution in [1.29, 1.82) is 0 Å². The van der Waals surface area contributed by atoms with Crippen LogP contribution in [0.15, 0.2) is 0 Å². The first kappa shape index (κ1) is 10.6. The lowest BCUT2D eigenvalue weighted by Crippen LogP contribution is -2.25. The Kier molecular flexibility index (Phi) is 5.12. The molecule has 2 atom stereocenters. The van der Waals surface area contributed by atoms with Crippen molar-refractivity contribution in [3.8, 4) is 0 Å². The lowest BCUT2D eigenvalue weighted by molar-refractivity contribution is -0.131. The van der Waals surface area contributed by atoms with Crippen LogP contribution in [0.4, 0.5) is 0 Å². The summed E-state index contributed by atoms with van der Waals surface area (Å²) in [6.45, 7) is 5.84. The zero-order valence-electron chi connectivity index (χ0n) is 7.89. The molecule has 66 valence electrons. The fraction of sp³-hybridized carbons (Fsp3) is 0.889. The summed E-state index contributed by atoms with van der Waals surface area (Å²) in [5.74, 6) is 0.365. The van der Waals surface area contributed by atoms with E-state index < -0.39 is 0 Å². The summed E-state index contributed by atoms with van der Waals surface area (Å²) in [7, 11) is 1.57. The minimum Gasteiger partial charge on any atom is -0.374 e. The van der Waals surface area contributed by atoms with E-state index in [2.05, 4.69) is 6.92 Å². The van der Waals surface area contributed by atoms with Gasteiger partial charge in [0, 0.05) is 13.0 Å². The van der Waals surface area contributed by atoms with E-state index in [4.69, 9.17) is 4.74 Å². The Morgan fingerprint density at radius 3 is 2.36 bits per heavy atom. The van der Waals surface area contributed by atoms with Crippen LogP contribution in [-0.2, 0) is 9.53 Å². The number of Topliss-reactive ketones (excluding diaryl/α,β-unsaturated/α-hetero) is 1. The normalized spacial score (nSPS) is 16.0. The van der Waals surface area contributed by atoms with E-state index in [-0.39, 0.29) is 17.8 Å². The van der Waals surface area contributed by atoms with Crippen LogP contribution >= 0.6 is 0 Å². The Balaban J connectivity index is 3.81. The van der Waals surface area contributed by atoms with Crippen molar-refractivity contribution in [2.24, 2.45) is 5.92 Å². The Hall–Kier alpha value is -0.370. The first-order chi connectivity index (χ1) is 5.13. The number of carbonyl (C=O) groups excluding carboxylic acids is 1. The Bertz CT molecular complexity index is 121. The van der Waals surface area contributed by atoms with E-state index in [1.165, 1.54) is 0 Å². The summed E-state index contributed by atoms with van der Waals surface area (Å²) < 4.78 is 4.93. The predicted octanol–water partition coefficient (Wildman–Crippen LogP) is 2.03. The molecule has 0 saturated heterocycles. The van der Waals surface area contributed by atoms with Crippen molar-refractivity contribution in [2.45, 2.75) is 39.7 Å². The van der Waals surface area contributed by atoms with E-state index in [1.807, 2.05) is 6.92 Å². The van der Waals surface area contributed by atoms with E-state index in [1.54, 1.807) is 14.0 Å². The molecule has 11 heavy (non-hydrogen) atoms. The lowest BCUT2D eigenvalue weighted by atomic mass is 9.98. The van der Waals surface area contributed by atoms with Crippen LogP contribution in [0, 0.1) is 5.92 Å². The average Bonchev–Trinajstić information content (AvgIpc) is 2.02. The van der Waals surface area contributed by atoms with Crippen LogP contribution in [0.25, 0.3) is 0 Å². The standard InChI is InChI=1S/C9H18O2/c1-5-6-7(2)9(10)8(3)11-4/h7-8H,5-6H2,1-4H3. The van der Waals surface area contributed by atoms with Gasteiger partial charge in [-0.2, -0.15) is 0 Å². The van der Waals surface area contributed by atoms with Crippen LogP contribution in [0.2, 0.25) is 0 Å². The number of hydrogen-bond acceptors (Lipinski definition) is 2. The number of hydrogen-bond donors (Lipinski definition) is 0. The summed E-state index contributed by atoms with van der Waals surface area (Å²) in [4.78, 5) is 11.3. The maximum atomic E-state index is 11.3. The maximum absolute atomic E-state index is 11.3. The number of methoxy groups -OCH3 is 1. The van der Waals surface area contributed by atoms with Crippen LogP contribution in [0.1, 0.15) is 33.6 Å². The molecule has 0 heterocycles. The molecular formula is C9H18O2. The van der Waals surface area contributed by atoms with Crippen LogP contribution in [0.3, 0.4) is 0 Å². The number of ether oxygens (including phenoxy) is 1. The van der Waals surface area contributed by atoms with Gasteiger partial charge in [-0.1, -0.05) is 20.3 Å². The fourth-order valence-corrected chi connectivity index (χ4v) is 1.09. The molecule has 0 rings (SSSR count). The monoisotopic (exact) mass is 158 g/mol. The molecule has 0 aliphatic rings. The highest BCUT2D eigenvalue weighted by atomic mass is 16.5. The molecule has 0 spiro atoms. The summed E-state index contributed by atoms with van der Waals surface area (Å²) in [6.07, 6.45) is 1.78. The molecule has 2 unspecified atom stereocenters. The van der Waals surface area contributed by atoms with Crippen LogP contribution in [0.5, 0.6) is 0 Å². The summed E-state index contributed by atoms with van der Waals surface area (Å²) in [6, 6.07) is 0. The van der Waals surface area contributed by atoms with Crippen molar-refractivity contribution in [3.05, 3.63) is 0 Å². The molecule has 0 amide bonds. The van der Waals surface area contributed by atoms with Gasteiger partial charge in [0.2, 0.25) is 0 Å². The van der Waals surface area contributed by atoms with Crippen molar-refractivity contribution in [2.75, 3.05) is 7.11 Å². The molecule has 0 aromatic heterocycles. The van der Waals surface area contributed by atoms with Crippen LogP contribution in [-0.4, -0.2) is 19.0 Å².